The molecule has 1 heterocycles. The van der Waals surface area contributed by atoms with E-state index in [2.05, 4.69) is 0 Å². The maximum Gasteiger partial charge on any atom is 0.393 e. The minimum absolute atomic E-state index is 0.109. The molecule has 1 saturated heterocycles. The molecule has 1 aliphatic rings. The molecule has 0 amide bonds. The zero-order valence-corrected chi connectivity index (χ0v) is 11.1. The number of alkyl halides is 3. The fourth-order valence-electron chi connectivity index (χ4n) is 2.49. The lowest BCUT2D eigenvalue weighted by molar-refractivity contribution is -0.175. The van der Waals surface area contributed by atoms with Gasteiger partial charge in [-0.15, -0.1) is 0 Å². The first-order valence-electron chi connectivity index (χ1n) is 6.44. The Bertz CT molecular complexity index is 514. The highest BCUT2D eigenvalue weighted by Crippen LogP contribution is 2.35. The molecule has 1 aromatic rings. The van der Waals surface area contributed by atoms with Gasteiger partial charge in [-0.2, -0.15) is 13.2 Å². The summed E-state index contributed by atoms with van der Waals surface area (Å²) in [5, 5.41) is 9.75. The van der Waals surface area contributed by atoms with Crippen LogP contribution in [0.15, 0.2) is 18.2 Å². The van der Waals surface area contributed by atoms with E-state index < -0.39 is 12.1 Å². The standard InChI is InChI=1S/C14H16F3NO2/c1-9(19)12-5-4-11(7-13(12)20)18-6-2-3-10(8-18)14(15,16)17/h4-5,7,10,20H,2-3,6,8H2,1H3. The van der Waals surface area contributed by atoms with Crippen molar-refractivity contribution in [3.8, 4) is 5.75 Å². The van der Waals surface area contributed by atoms with Crippen LogP contribution in [0.2, 0.25) is 0 Å². The fourth-order valence-corrected chi connectivity index (χ4v) is 2.49. The highest BCUT2D eigenvalue weighted by atomic mass is 19.4. The van der Waals surface area contributed by atoms with Crippen molar-refractivity contribution in [2.45, 2.75) is 25.9 Å². The van der Waals surface area contributed by atoms with Crippen LogP contribution in [0.25, 0.3) is 0 Å². The van der Waals surface area contributed by atoms with Crippen LogP contribution in [0.5, 0.6) is 5.75 Å². The summed E-state index contributed by atoms with van der Waals surface area (Å²) in [7, 11) is 0. The van der Waals surface area contributed by atoms with Crippen molar-refractivity contribution in [2.75, 3.05) is 18.0 Å². The number of phenols is 1. The number of phenolic OH excluding ortho intramolecular Hbond substituents is 1. The highest BCUT2D eigenvalue weighted by molar-refractivity contribution is 5.97. The number of anilines is 1. The maximum absolute atomic E-state index is 12.8. The summed E-state index contributed by atoms with van der Waals surface area (Å²) in [6.45, 7) is 1.74. The third-order valence-electron chi connectivity index (χ3n) is 3.61. The Morgan fingerprint density at radius 1 is 1.40 bits per heavy atom. The van der Waals surface area contributed by atoms with Crippen LogP contribution in [-0.4, -0.2) is 30.2 Å². The molecule has 0 bridgehead atoms. The summed E-state index contributed by atoms with van der Waals surface area (Å²) in [6, 6.07) is 4.38. The van der Waals surface area contributed by atoms with Crippen molar-refractivity contribution >= 4 is 11.5 Å². The van der Waals surface area contributed by atoms with Gasteiger partial charge in [-0.1, -0.05) is 0 Å². The Labute approximate surface area is 115 Å². The molecule has 1 aromatic carbocycles. The number of aromatic hydroxyl groups is 1. The lowest BCUT2D eigenvalue weighted by atomic mass is 9.96. The van der Waals surface area contributed by atoms with Gasteiger partial charge in [-0.3, -0.25) is 4.79 Å². The Morgan fingerprint density at radius 2 is 2.10 bits per heavy atom. The van der Waals surface area contributed by atoms with Gasteiger partial charge >= 0.3 is 6.18 Å². The molecule has 0 aliphatic carbocycles. The third kappa shape index (κ3) is 3.05. The quantitative estimate of drug-likeness (QED) is 0.848. The van der Waals surface area contributed by atoms with E-state index in [9.17, 15) is 23.1 Å². The number of Topliss-reactive ketones (excluding diaryl/α,β-unsaturated/α-hetero) is 1. The number of hydrogen-bond donors (Lipinski definition) is 1. The zero-order chi connectivity index (χ0) is 14.9. The van der Waals surface area contributed by atoms with Crippen molar-refractivity contribution in [2.24, 2.45) is 5.92 Å². The molecular formula is C14H16F3NO2. The molecule has 6 heteroatoms. The Balaban J connectivity index is 2.19. The minimum Gasteiger partial charge on any atom is -0.507 e. The van der Waals surface area contributed by atoms with E-state index in [1.165, 1.54) is 19.1 Å². The first-order chi connectivity index (χ1) is 9.29. The van der Waals surface area contributed by atoms with Gasteiger partial charge in [-0.25, -0.2) is 0 Å². The SMILES string of the molecule is CC(=O)c1ccc(N2CCCC(C(F)(F)F)C2)cc1O. The van der Waals surface area contributed by atoms with E-state index >= 15 is 0 Å². The highest BCUT2D eigenvalue weighted by Gasteiger charge is 2.41. The number of rotatable bonds is 2. The predicted molar refractivity (Wildman–Crippen MR) is 69.1 cm³/mol. The molecule has 1 N–H and O–H groups in total. The molecule has 1 aliphatic heterocycles. The van der Waals surface area contributed by atoms with Crippen molar-refractivity contribution in [3.05, 3.63) is 23.8 Å². The van der Waals surface area contributed by atoms with Gasteiger partial charge in [0.2, 0.25) is 0 Å². The molecular weight excluding hydrogens is 271 g/mol. The van der Waals surface area contributed by atoms with Crippen LogP contribution in [0.1, 0.15) is 30.1 Å². The van der Waals surface area contributed by atoms with Gasteiger partial charge in [0.15, 0.2) is 5.78 Å². The first-order valence-corrected chi connectivity index (χ1v) is 6.44. The van der Waals surface area contributed by atoms with Gasteiger partial charge in [0.1, 0.15) is 5.75 Å². The largest absolute Gasteiger partial charge is 0.507 e. The fraction of sp³-hybridized carbons (Fsp3) is 0.500. The molecule has 1 unspecified atom stereocenters. The molecule has 20 heavy (non-hydrogen) atoms. The molecule has 0 spiro atoms. The molecule has 110 valence electrons. The molecule has 2 rings (SSSR count). The number of halogens is 3. The second-order valence-corrected chi connectivity index (χ2v) is 5.08. The third-order valence-corrected chi connectivity index (χ3v) is 3.61. The number of hydrogen-bond acceptors (Lipinski definition) is 3. The second kappa shape index (κ2) is 5.34. The summed E-state index contributed by atoms with van der Waals surface area (Å²) in [6.07, 6.45) is -3.60. The summed E-state index contributed by atoms with van der Waals surface area (Å²) in [5.74, 6) is -1.81. The lowest BCUT2D eigenvalue weighted by Crippen LogP contribution is -2.41. The van der Waals surface area contributed by atoms with Gasteiger partial charge in [0.25, 0.3) is 0 Å². The Morgan fingerprint density at radius 3 is 2.65 bits per heavy atom. The molecule has 1 fully saturated rings. The van der Waals surface area contributed by atoms with Gasteiger partial charge in [-0.05, 0) is 31.9 Å². The zero-order valence-electron chi connectivity index (χ0n) is 11.1. The van der Waals surface area contributed by atoms with Crippen molar-refractivity contribution in [1.29, 1.82) is 0 Å². The van der Waals surface area contributed by atoms with Crippen LogP contribution < -0.4 is 4.90 Å². The van der Waals surface area contributed by atoms with Crippen LogP contribution in [-0.2, 0) is 0 Å². The van der Waals surface area contributed by atoms with Gasteiger partial charge in [0.05, 0.1) is 11.5 Å². The number of benzene rings is 1. The van der Waals surface area contributed by atoms with E-state index in [1.54, 1.807) is 11.0 Å². The number of carbonyl (C=O) groups is 1. The number of ketones is 1. The van der Waals surface area contributed by atoms with Crippen molar-refractivity contribution < 1.29 is 23.1 Å². The Kier molecular flexibility index (Phi) is 3.92. The van der Waals surface area contributed by atoms with Crippen molar-refractivity contribution in [1.82, 2.24) is 0 Å². The molecule has 0 aromatic heterocycles. The van der Waals surface area contributed by atoms with Gasteiger partial charge < -0.3 is 10.0 Å². The first kappa shape index (κ1) is 14.7. The average molecular weight is 287 g/mol. The topological polar surface area (TPSA) is 40.5 Å². The van der Waals surface area contributed by atoms with Crippen LogP contribution in [0.3, 0.4) is 0 Å². The van der Waals surface area contributed by atoms with Crippen molar-refractivity contribution in [3.63, 3.8) is 0 Å². The minimum atomic E-state index is -4.19. The van der Waals surface area contributed by atoms with Crippen LogP contribution >= 0.6 is 0 Å². The number of piperidine rings is 1. The number of carbonyl (C=O) groups excluding carboxylic acids is 1. The van der Waals surface area contributed by atoms with Crippen LogP contribution in [0, 0.1) is 5.92 Å². The maximum atomic E-state index is 12.8. The molecule has 0 radical (unpaired) electrons. The normalized spacial score (nSPS) is 20.0. The molecule has 1 atom stereocenters. The van der Waals surface area contributed by atoms with E-state index in [4.69, 9.17) is 0 Å². The summed E-state index contributed by atoms with van der Waals surface area (Å²) < 4.78 is 38.3. The lowest BCUT2D eigenvalue weighted by Gasteiger charge is -2.35. The average Bonchev–Trinajstić information content (AvgIpc) is 2.37. The summed E-state index contributed by atoms with van der Waals surface area (Å²) in [4.78, 5) is 12.8. The molecule has 3 nitrogen and oxygen atoms in total. The summed E-state index contributed by atoms with van der Waals surface area (Å²) in [5.41, 5.74) is 0.694. The van der Waals surface area contributed by atoms with Crippen LogP contribution in [0.4, 0.5) is 18.9 Å². The summed E-state index contributed by atoms with van der Waals surface area (Å²) >= 11 is 0. The molecule has 0 saturated carbocycles. The van der Waals surface area contributed by atoms with E-state index in [0.29, 0.717) is 18.7 Å². The second-order valence-electron chi connectivity index (χ2n) is 5.08. The number of nitrogens with zero attached hydrogens (tertiary/aromatic N) is 1. The van der Waals surface area contributed by atoms with E-state index in [1.807, 2.05) is 0 Å². The Hall–Kier alpha value is -1.72. The van der Waals surface area contributed by atoms with E-state index in [0.717, 1.165) is 0 Å². The monoisotopic (exact) mass is 287 g/mol. The predicted octanol–water partition coefficient (Wildman–Crippen LogP) is 3.37. The van der Waals surface area contributed by atoms with E-state index in [-0.39, 0.29) is 30.1 Å². The smallest absolute Gasteiger partial charge is 0.393 e. The van der Waals surface area contributed by atoms with Gasteiger partial charge in [0, 0.05) is 24.8 Å².